The van der Waals surface area contributed by atoms with E-state index in [0.29, 0.717) is 11.8 Å². The van der Waals surface area contributed by atoms with Gasteiger partial charge in [-0.15, -0.1) is 0 Å². The Labute approximate surface area is 87.5 Å². The molecule has 1 saturated heterocycles. The summed E-state index contributed by atoms with van der Waals surface area (Å²) in [5.74, 6) is 3.67. The van der Waals surface area contributed by atoms with Crippen molar-refractivity contribution in [3.63, 3.8) is 0 Å². The standard InChI is InChI=1S/C10H12N2OS/c11-5-9-1-2-10(13-9)6-12-8-3-4-14-7-8/h1-2,8,12H,3-4,6-7H2. The Hall–Kier alpha value is -0.920. The lowest BCUT2D eigenvalue weighted by Gasteiger charge is -2.08. The minimum atomic E-state index is 0.391. The average molecular weight is 208 g/mol. The van der Waals surface area contributed by atoms with E-state index < -0.39 is 0 Å². The molecule has 74 valence electrons. The highest BCUT2D eigenvalue weighted by atomic mass is 32.2. The molecule has 0 aromatic carbocycles. The molecule has 1 N–H and O–H groups in total. The largest absolute Gasteiger partial charge is 0.449 e. The second kappa shape index (κ2) is 4.54. The zero-order chi connectivity index (χ0) is 9.80. The van der Waals surface area contributed by atoms with E-state index >= 15 is 0 Å². The van der Waals surface area contributed by atoms with Gasteiger partial charge in [-0.1, -0.05) is 0 Å². The van der Waals surface area contributed by atoms with Gasteiger partial charge >= 0.3 is 0 Å². The van der Waals surface area contributed by atoms with Crippen LogP contribution in [0.2, 0.25) is 0 Å². The van der Waals surface area contributed by atoms with E-state index in [9.17, 15) is 0 Å². The smallest absolute Gasteiger partial charge is 0.203 e. The fraction of sp³-hybridized carbons (Fsp3) is 0.500. The second-order valence-corrected chi connectivity index (χ2v) is 4.47. The van der Waals surface area contributed by atoms with E-state index in [2.05, 4.69) is 5.32 Å². The number of nitrogens with one attached hydrogen (secondary N) is 1. The Kier molecular flexibility index (Phi) is 3.12. The number of nitriles is 1. The van der Waals surface area contributed by atoms with Gasteiger partial charge in [0.2, 0.25) is 5.76 Å². The van der Waals surface area contributed by atoms with Crippen LogP contribution in [0.3, 0.4) is 0 Å². The number of thioether (sulfide) groups is 1. The first-order valence-corrected chi connectivity index (χ1v) is 5.84. The highest BCUT2D eigenvalue weighted by Gasteiger charge is 2.14. The van der Waals surface area contributed by atoms with Crippen molar-refractivity contribution in [1.82, 2.24) is 5.32 Å². The first kappa shape index (κ1) is 9.63. The van der Waals surface area contributed by atoms with Crippen molar-refractivity contribution in [2.45, 2.75) is 19.0 Å². The van der Waals surface area contributed by atoms with E-state index in [1.54, 1.807) is 6.07 Å². The second-order valence-electron chi connectivity index (χ2n) is 3.32. The van der Waals surface area contributed by atoms with E-state index in [4.69, 9.17) is 9.68 Å². The van der Waals surface area contributed by atoms with Gasteiger partial charge in [0, 0.05) is 11.8 Å². The van der Waals surface area contributed by atoms with Gasteiger partial charge in [-0.25, -0.2) is 0 Å². The van der Waals surface area contributed by atoms with Crippen LogP contribution in [0.5, 0.6) is 0 Å². The number of hydrogen-bond acceptors (Lipinski definition) is 4. The maximum absolute atomic E-state index is 8.56. The summed E-state index contributed by atoms with van der Waals surface area (Å²) in [7, 11) is 0. The third kappa shape index (κ3) is 2.31. The van der Waals surface area contributed by atoms with Crippen molar-refractivity contribution >= 4 is 11.8 Å². The van der Waals surface area contributed by atoms with Gasteiger partial charge in [0.15, 0.2) is 0 Å². The lowest BCUT2D eigenvalue weighted by atomic mass is 10.2. The molecule has 0 amide bonds. The maximum Gasteiger partial charge on any atom is 0.203 e. The first-order valence-electron chi connectivity index (χ1n) is 4.68. The van der Waals surface area contributed by atoms with Crippen molar-refractivity contribution < 1.29 is 4.42 Å². The van der Waals surface area contributed by atoms with Crippen molar-refractivity contribution in [2.24, 2.45) is 0 Å². The van der Waals surface area contributed by atoms with Crippen LogP contribution >= 0.6 is 11.8 Å². The topological polar surface area (TPSA) is 49.0 Å². The van der Waals surface area contributed by atoms with E-state index in [0.717, 1.165) is 12.3 Å². The SMILES string of the molecule is N#Cc1ccc(CNC2CCSC2)o1. The summed E-state index contributed by atoms with van der Waals surface area (Å²) < 4.78 is 5.26. The first-order chi connectivity index (χ1) is 6.88. The fourth-order valence-corrected chi connectivity index (χ4v) is 2.66. The van der Waals surface area contributed by atoms with E-state index in [-0.39, 0.29) is 0 Å². The monoisotopic (exact) mass is 208 g/mol. The van der Waals surface area contributed by atoms with Crippen molar-refractivity contribution in [1.29, 1.82) is 5.26 Å². The minimum Gasteiger partial charge on any atom is -0.449 e. The minimum absolute atomic E-state index is 0.391. The molecule has 0 aliphatic carbocycles. The summed E-state index contributed by atoms with van der Waals surface area (Å²) in [5.41, 5.74) is 0. The molecule has 2 heterocycles. The summed E-state index contributed by atoms with van der Waals surface area (Å²) in [6.45, 7) is 0.729. The zero-order valence-corrected chi connectivity index (χ0v) is 8.64. The van der Waals surface area contributed by atoms with E-state index in [1.165, 1.54) is 17.9 Å². The van der Waals surface area contributed by atoms with Crippen molar-refractivity contribution in [3.8, 4) is 6.07 Å². The van der Waals surface area contributed by atoms with Gasteiger partial charge in [-0.05, 0) is 24.3 Å². The molecule has 14 heavy (non-hydrogen) atoms. The lowest BCUT2D eigenvalue weighted by molar-refractivity contribution is 0.451. The third-order valence-electron chi connectivity index (χ3n) is 2.27. The summed E-state index contributed by atoms with van der Waals surface area (Å²) >= 11 is 1.98. The van der Waals surface area contributed by atoms with Crippen LogP contribution in [0.4, 0.5) is 0 Å². The molecule has 4 heteroatoms. The van der Waals surface area contributed by atoms with Gasteiger partial charge in [0.05, 0.1) is 6.54 Å². The summed E-state index contributed by atoms with van der Waals surface area (Å²) in [6, 6.07) is 6.15. The molecule has 0 radical (unpaired) electrons. The molecule has 3 nitrogen and oxygen atoms in total. The molecule has 1 aromatic rings. The zero-order valence-electron chi connectivity index (χ0n) is 7.82. The highest BCUT2D eigenvalue weighted by Crippen LogP contribution is 2.17. The van der Waals surface area contributed by atoms with Crippen LogP contribution in [0.15, 0.2) is 16.5 Å². The molecule has 0 spiro atoms. The molecule has 1 fully saturated rings. The van der Waals surface area contributed by atoms with Gasteiger partial charge in [0.1, 0.15) is 11.8 Å². The number of hydrogen-bond donors (Lipinski definition) is 1. The molecular weight excluding hydrogens is 196 g/mol. The quantitative estimate of drug-likeness (QED) is 0.822. The maximum atomic E-state index is 8.56. The summed E-state index contributed by atoms with van der Waals surface area (Å²) in [5, 5.41) is 12.0. The van der Waals surface area contributed by atoms with Gasteiger partial charge in [-0.3, -0.25) is 0 Å². The molecule has 1 unspecified atom stereocenters. The Morgan fingerprint density at radius 2 is 2.57 bits per heavy atom. The highest BCUT2D eigenvalue weighted by molar-refractivity contribution is 7.99. The van der Waals surface area contributed by atoms with Crippen LogP contribution in [-0.2, 0) is 6.54 Å². The molecule has 1 aromatic heterocycles. The number of furan rings is 1. The normalized spacial score (nSPS) is 20.9. The molecule has 0 saturated carbocycles. The predicted molar refractivity (Wildman–Crippen MR) is 56.0 cm³/mol. The Bertz CT molecular complexity index is 336. The van der Waals surface area contributed by atoms with Crippen molar-refractivity contribution in [2.75, 3.05) is 11.5 Å². The molecule has 1 aliphatic heterocycles. The van der Waals surface area contributed by atoms with Crippen LogP contribution in [-0.4, -0.2) is 17.5 Å². The van der Waals surface area contributed by atoms with Crippen LogP contribution in [0, 0.1) is 11.3 Å². The van der Waals surface area contributed by atoms with Gasteiger partial charge in [0.25, 0.3) is 0 Å². The fourth-order valence-electron chi connectivity index (χ4n) is 1.47. The molecule has 1 atom stereocenters. The lowest BCUT2D eigenvalue weighted by Crippen LogP contribution is -2.27. The molecule has 1 aliphatic rings. The molecule has 0 bridgehead atoms. The Morgan fingerprint density at radius 3 is 3.21 bits per heavy atom. The summed E-state index contributed by atoms with van der Waals surface area (Å²) in [4.78, 5) is 0. The van der Waals surface area contributed by atoms with Gasteiger partial charge < -0.3 is 9.73 Å². The van der Waals surface area contributed by atoms with Crippen LogP contribution in [0.1, 0.15) is 17.9 Å². The molecule has 2 rings (SSSR count). The van der Waals surface area contributed by atoms with Crippen molar-refractivity contribution in [3.05, 3.63) is 23.7 Å². The van der Waals surface area contributed by atoms with E-state index in [1.807, 2.05) is 23.9 Å². The predicted octanol–water partition coefficient (Wildman–Crippen LogP) is 1.75. The number of nitrogens with zero attached hydrogens (tertiary/aromatic N) is 1. The van der Waals surface area contributed by atoms with Gasteiger partial charge in [-0.2, -0.15) is 17.0 Å². The number of rotatable bonds is 3. The van der Waals surface area contributed by atoms with Crippen LogP contribution in [0.25, 0.3) is 0 Å². The Balaban J connectivity index is 1.82. The Morgan fingerprint density at radius 1 is 1.64 bits per heavy atom. The summed E-state index contributed by atoms with van der Waals surface area (Å²) in [6.07, 6.45) is 1.23. The van der Waals surface area contributed by atoms with Crippen LogP contribution < -0.4 is 5.32 Å². The third-order valence-corrected chi connectivity index (χ3v) is 3.43. The molecular formula is C10H12N2OS. The average Bonchev–Trinajstić information content (AvgIpc) is 2.86.